The molecule has 1 N–H and O–H groups in total. The Morgan fingerprint density at radius 2 is 1.86 bits per heavy atom. The number of rotatable bonds is 9. The fourth-order valence-electron chi connectivity index (χ4n) is 3.63. The first-order valence-corrected chi connectivity index (χ1v) is 12.8. The van der Waals surface area contributed by atoms with E-state index in [4.69, 9.17) is 9.47 Å². The van der Waals surface area contributed by atoms with Crippen LogP contribution in [-0.2, 0) is 20.7 Å². The molecule has 35 heavy (non-hydrogen) atoms. The zero-order chi connectivity index (χ0) is 25.7. The highest BCUT2D eigenvalue weighted by Gasteiger charge is 2.22. The van der Waals surface area contributed by atoms with Crippen LogP contribution in [0.1, 0.15) is 58.0 Å². The molecule has 0 unspecified atom stereocenters. The van der Waals surface area contributed by atoms with Crippen molar-refractivity contribution in [1.29, 1.82) is 0 Å². The van der Waals surface area contributed by atoms with Crippen LogP contribution >= 0.6 is 23.1 Å². The van der Waals surface area contributed by atoms with E-state index in [0.29, 0.717) is 5.16 Å². The van der Waals surface area contributed by atoms with Crippen molar-refractivity contribution >= 4 is 46.6 Å². The van der Waals surface area contributed by atoms with E-state index in [-0.39, 0.29) is 34.5 Å². The molecule has 0 radical (unpaired) electrons. The molecule has 0 fully saturated rings. The largest absolute Gasteiger partial charge is 0.465 e. The third kappa shape index (κ3) is 5.73. The molecule has 0 bridgehead atoms. The van der Waals surface area contributed by atoms with Gasteiger partial charge in [-0.05, 0) is 51.0 Å². The minimum Gasteiger partial charge on any atom is -0.465 e. The number of ether oxygens (including phenoxy) is 2. The molecule has 9 nitrogen and oxygen atoms in total. The third-order valence-corrected chi connectivity index (χ3v) is 7.23. The van der Waals surface area contributed by atoms with Crippen molar-refractivity contribution in [3.63, 3.8) is 0 Å². The van der Waals surface area contributed by atoms with Crippen molar-refractivity contribution in [2.24, 2.45) is 0 Å². The minimum absolute atomic E-state index is 0.0250. The predicted molar refractivity (Wildman–Crippen MR) is 136 cm³/mol. The van der Waals surface area contributed by atoms with E-state index in [0.717, 1.165) is 17.8 Å². The van der Waals surface area contributed by atoms with Gasteiger partial charge in [-0.15, -0.1) is 21.5 Å². The van der Waals surface area contributed by atoms with Gasteiger partial charge in [0.25, 0.3) is 0 Å². The second-order valence-corrected chi connectivity index (χ2v) is 9.91. The maximum Gasteiger partial charge on any atom is 0.339 e. The van der Waals surface area contributed by atoms with E-state index in [1.807, 2.05) is 18.4 Å². The number of benzene rings is 1. The summed E-state index contributed by atoms with van der Waals surface area (Å²) in [5.74, 6) is -0.784. The molecule has 0 saturated heterocycles. The number of nitrogens with zero attached hydrogens (tertiary/aromatic N) is 3. The molecule has 0 aliphatic heterocycles. The average molecular weight is 517 g/mol. The van der Waals surface area contributed by atoms with Crippen molar-refractivity contribution in [3.8, 4) is 11.4 Å². The molecule has 0 saturated carbocycles. The van der Waals surface area contributed by atoms with Gasteiger partial charge in [-0.1, -0.05) is 18.7 Å². The number of esters is 2. The normalized spacial score (nSPS) is 10.9. The van der Waals surface area contributed by atoms with Gasteiger partial charge in [0.15, 0.2) is 11.0 Å². The molecule has 1 aromatic carbocycles. The minimum atomic E-state index is -0.633. The van der Waals surface area contributed by atoms with Crippen molar-refractivity contribution in [1.82, 2.24) is 14.8 Å². The average Bonchev–Trinajstić information content (AvgIpc) is 3.44. The highest BCUT2D eigenvalue weighted by atomic mass is 32.2. The molecule has 3 rings (SSSR count). The Morgan fingerprint density at radius 1 is 1.14 bits per heavy atom. The lowest BCUT2D eigenvalue weighted by Gasteiger charge is -2.14. The second-order valence-electron chi connectivity index (χ2n) is 7.89. The highest BCUT2D eigenvalue weighted by Crippen LogP contribution is 2.34. The highest BCUT2D eigenvalue weighted by molar-refractivity contribution is 7.99. The topological polar surface area (TPSA) is 112 Å². The standard InChI is InChI=1S/C24H28N4O5S2/c1-7-16-14(4)34-11-18(16)21-26-27-24(28(21)13(2)3)35-12-20(29)25-19-10-15(22(30)32-5)8-9-17(19)23(31)33-6/h8-11,13H,7,12H2,1-6H3,(H,25,29). The summed E-state index contributed by atoms with van der Waals surface area (Å²) < 4.78 is 11.5. The van der Waals surface area contributed by atoms with Gasteiger partial charge < -0.3 is 14.8 Å². The lowest BCUT2D eigenvalue weighted by Crippen LogP contribution is -2.18. The Kier molecular flexibility index (Phi) is 8.68. The van der Waals surface area contributed by atoms with Gasteiger partial charge in [0.1, 0.15) is 0 Å². The van der Waals surface area contributed by atoms with Gasteiger partial charge in [0, 0.05) is 21.9 Å². The SMILES string of the molecule is CCc1c(-c2nnc(SCC(=O)Nc3cc(C(=O)OC)ccc3C(=O)OC)n2C(C)C)csc1C. The summed E-state index contributed by atoms with van der Waals surface area (Å²) in [6.45, 7) is 8.30. The summed E-state index contributed by atoms with van der Waals surface area (Å²) in [5, 5.41) is 14.2. The molecule has 3 aromatic rings. The van der Waals surface area contributed by atoms with Crippen LogP contribution in [0.4, 0.5) is 5.69 Å². The van der Waals surface area contributed by atoms with Crippen molar-refractivity contribution in [2.75, 3.05) is 25.3 Å². The Morgan fingerprint density at radius 3 is 2.49 bits per heavy atom. The van der Waals surface area contributed by atoms with Crippen LogP contribution in [0, 0.1) is 6.92 Å². The van der Waals surface area contributed by atoms with Gasteiger partial charge in [-0.3, -0.25) is 9.36 Å². The summed E-state index contributed by atoms with van der Waals surface area (Å²) in [4.78, 5) is 38.1. The first kappa shape index (κ1) is 26.4. The van der Waals surface area contributed by atoms with Crippen LogP contribution in [0.25, 0.3) is 11.4 Å². The fourth-order valence-corrected chi connectivity index (χ4v) is 5.43. The van der Waals surface area contributed by atoms with Gasteiger partial charge in [-0.2, -0.15) is 0 Å². The number of nitrogens with one attached hydrogen (secondary N) is 1. The summed E-state index contributed by atoms with van der Waals surface area (Å²) in [6, 6.07) is 4.32. The molecule has 11 heteroatoms. The summed E-state index contributed by atoms with van der Waals surface area (Å²) in [5.41, 5.74) is 2.81. The first-order chi connectivity index (χ1) is 16.7. The third-order valence-electron chi connectivity index (χ3n) is 5.33. The number of carbonyl (C=O) groups excluding carboxylic acids is 3. The maximum atomic E-state index is 12.8. The lowest BCUT2D eigenvalue weighted by atomic mass is 10.1. The van der Waals surface area contributed by atoms with Crippen molar-refractivity contribution in [3.05, 3.63) is 45.1 Å². The number of methoxy groups -OCH3 is 2. The number of anilines is 1. The van der Waals surface area contributed by atoms with Crippen molar-refractivity contribution < 1.29 is 23.9 Å². The van der Waals surface area contributed by atoms with E-state index in [2.05, 4.69) is 34.7 Å². The molecule has 2 heterocycles. The number of aryl methyl sites for hydroxylation is 1. The van der Waals surface area contributed by atoms with Crippen LogP contribution in [0.15, 0.2) is 28.7 Å². The van der Waals surface area contributed by atoms with E-state index < -0.39 is 11.9 Å². The zero-order valence-electron chi connectivity index (χ0n) is 20.5. The quantitative estimate of drug-likeness (QED) is 0.320. The van der Waals surface area contributed by atoms with E-state index >= 15 is 0 Å². The van der Waals surface area contributed by atoms with Crippen LogP contribution < -0.4 is 5.32 Å². The molecule has 186 valence electrons. The molecule has 0 aliphatic rings. The molecule has 0 atom stereocenters. The molecular weight excluding hydrogens is 488 g/mol. The fraction of sp³-hybridized carbons (Fsp3) is 0.375. The number of aromatic nitrogens is 3. The van der Waals surface area contributed by atoms with Crippen LogP contribution in [0.5, 0.6) is 0 Å². The van der Waals surface area contributed by atoms with E-state index in [1.54, 1.807) is 11.3 Å². The second kappa shape index (κ2) is 11.5. The number of thiophene rings is 1. The van der Waals surface area contributed by atoms with Gasteiger partial charge >= 0.3 is 11.9 Å². The smallest absolute Gasteiger partial charge is 0.339 e. The summed E-state index contributed by atoms with van der Waals surface area (Å²) in [6.07, 6.45) is 0.896. The molecule has 0 spiro atoms. The Balaban J connectivity index is 1.82. The van der Waals surface area contributed by atoms with Gasteiger partial charge in [-0.25, -0.2) is 9.59 Å². The van der Waals surface area contributed by atoms with Crippen LogP contribution in [-0.4, -0.2) is 52.6 Å². The lowest BCUT2D eigenvalue weighted by molar-refractivity contribution is -0.113. The van der Waals surface area contributed by atoms with E-state index in [9.17, 15) is 14.4 Å². The maximum absolute atomic E-state index is 12.8. The van der Waals surface area contributed by atoms with Crippen LogP contribution in [0.2, 0.25) is 0 Å². The number of hydrogen-bond acceptors (Lipinski definition) is 9. The zero-order valence-corrected chi connectivity index (χ0v) is 22.1. The Hall–Kier alpha value is -3.18. The summed E-state index contributed by atoms with van der Waals surface area (Å²) in [7, 11) is 2.50. The number of hydrogen-bond donors (Lipinski definition) is 1. The molecule has 2 aromatic heterocycles. The van der Waals surface area contributed by atoms with Gasteiger partial charge in [0.2, 0.25) is 5.91 Å². The van der Waals surface area contributed by atoms with E-state index in [1.165, 1.54) is 54.6 Å². The summed E-state index contributed by atoms with van der Waals surface area (Å²) >= 11 is 2.93. The van der Waals surface area contributed by atoms with Crippen molar-refractivity contribution in [2.45, 2.75) is 45.3 Å². The Labute approximate surface area is 212 Å². The number of carbonyl (C=O) groups is 3. The molecule has 1 amide bonds. The monoisotopic (exact) mass is 516 g/mol. The van der Waals surface area contributed by atoms with Gasteiger partial charge in [0.05, 0.1) is 36.8 Å². The first-order valence-electron chi connectivity index (χ1n) is 11.0. The predicted octanol–water partition coefficient (Wildman–Crippen LogP) is 4.76. The van der Waals surface area contributed by atoms with Crippen LogP contribution in [0.3, 0.4) is 0 Å². The Bertz CT molecular complexity index is 1250. The number of thioether (sulfide) groups is 1. The molecule has 0 aliphatic carbocycles. The number of amides is 1. The molecular formula is C24H28N4O5S2.